The van der Waals surface area contributed by atoms with Gasteiger partial charge in [0.2, 0.25) is 0 Å². The Bertz CT molecular complexity index is 633. The first-order chi connectivity index (χ1) is 10.2. The highest BCUT2D eigenvalue weighted by atomic mass is 32.1. The van der Waals surface area contributed by atoms with E-state index in [4.69, 9.17) is 0 Å². The summed E-state index contributed by atoms with van der Waals surface area (Å²) in [6.07, 6.45) is 6.79. The number of nitrogens with zero attached hydrogens (tertiary/aromatic N) is 4. The summed E-state index contributed by atoms with van der Waals surface area (Å²) in [6.45, 7) is 3.78. The number of aromatic nitrogens is 3. The number of aryl methyl sites for hydroxylation is 2. The first-order valence-electron chi connectivity index (χ1n) is 7.36. The average Bonchev–Trinajstić information content (AvgIpc) is 3.14. The highest BCUT2D eigenvalue weighted by Crippen LogP contribution is 2.21. The molecular weight excluding hydrogens is 284 g/mol. The molecule has 6 heteroatoms. The summed E-state index contributed by atoms with van der Waals surface area (Å²) >= 11 is 1.45. The lowest BCUT2D eigenvalue weighted by Gasteiger charge is -2.28. The van der Waals surface area contributed by atoms with Gasteiger partial charge in [-0.3, -0.25) is 4.79 Å². The van der Waals surface area contributed by atoms with Gasteiger partial charge in [0, 0.05) is 39.0 Å². The van der Waals surface area contributed by atoms with Gasteiger partial charge in [-0.1, -0.05) is 6.92 Å². The summed E-state index contributed by atoms with van der Waals surface area (Å²) in [7, 11) is 1.89. The predicted octanol–water partition coefficient (Wildman–Crippen LogP) is 2.24. The zero-order valence-electron chi connectivity index (χ0n) is 12.5. The van der Waals surface area contributed by atoms with Gasteiger partial charge in [-0.15, -0.1) is 11.3 Å². The zero-order valence-corrected chi connectivity index (χ0v) is 13.3. The summed E-state index contributed by atoms with van der Waals surface area (Å²) in [6, 6.07) is 0. The molecule has 1 aliphatic rings. The Morgan fingerprint density at radius 1 is 1.52 bits per heavy atom. The molecule has 0 spiro atoms. The minimum Gasteiger partial charge on any atom is -0.341 e. The van der Waals surface area contributed by atoms with Crippen molar-refractivity contribution in [2.24, 2.45) is 5.92 Å². The highest BCUT2D eigenvalue weighted by Gasteiger charge is 2.24. The van der Waals surface area contributed by atoms with Crippen molar-refractivity contribution in [3.63, 3.8) is 0 Å². The van der Waals surface area contributed by atoms with Gasteiger partial charge < -0.3 is 9.47 Å². The first-order valence-corrected chi connectivity index (χ1v) is 8.24. The lowest BCUT2D eigenvalue weighted by molar-refractivity contribution is 0.0764. The van der Waals surface area contributed by atoms with Crippen molar-refractivity contribution in [2.75, 3.05) is 13.6 Å². The van der Waals surface area contributed by atoms with Crippen molar-refractivity contribution in [1.82, 2.24) is 19.4 Å². The molecule has 1 atom stereocenters. The number of carbonyl (C=O) groups excluding carboxylic acids is 1. The maximum atomic E-state index is 12.5. The Hall–Kier alpha value is -1.69. The van der Waals surface area contributed by atoms with Crippen LogP contribution in [0, 0.1) is 5.92 Å². The number of hydrogen-bond donors (Lipinski definition) is 0. The number of thiazole rings is 1. The second kappa shape index (κ2) is 5.97. The lowest BCUT2D eigenvalue weighted by atomic mass is 9.99. The van der Waals surface area contributed by atoms with Crippen molar-refractivity contribution < 1.29 is 4.79 Å². The van der Waals surface area contributed by atoms with E-state index in [2.05, 4.69) is 14.5 Å². The minimum atomic E-state index is 0.103. The van der Waals surface area contributed by atoms with Crippen LogP contribution in [-0.4, -0.2) is 38.9 Å². The lowest BCUT2D eigenvalue weighted by Crippen LogP contribution is -2.35. The van der Waals surface area contributed by atoms with E-state index in [-0.39, 0.29) is 5.91 Å². The van der Waals surface area contributed by atoms with E-state index < -0.39 is 0 Å². The standard InChI is InChI=1S/C15H20N4OS/c1-3-12-14(21-10-17-12)15(20)18(2)8-11-4-5-13-16-6-7-19(13)9-11/h6-7,10-11H,3-5,8-9H2,1-2H3/t11-/m1/s1. The van der Waals surface area contributed by atoms with Crippen LogP contribution in [0.15, 0.2) is 17.9 Å². The molecule has 2 aromatic heterocycles. The molecule has 0 aliphatic carbocycles. The number of rotatable bonds is 4. The summed E-state index contributed by atoms with van der Waals surface area (Å²) in [5.74, 6) is 1.76. The van der Waals surface area contributed by atoms with Crippen molar-refractivity contribution in [1.29, 1.82) is 0 Å². The largest absolute Gasteiger partial charge is 0.341 e. The van der Waals surface area contributed by atoms with Crippen LogP contribution < -0.4 is 0 Å². The molecule has 0 radical (unpaired) electrons. The highest BCUT2D eigenvalue weighted by molar-refractivity contribution is 7.11. The number of carbonyl (C=O) groups is 1. The van der Waals surface area contributed by atoms with Gasteiger partial charge in [-0.05, 0) is 18.8 Å². The van der Waals surface area contributed by atoms with Crippen LogP contribution in [0.4, 0.5) is 0 Å². The molecule has 5 nitrogen and oxygen atoms in total. The third kappa shape index (κ3) is 2.85. The van der Waals surface area contributed by atoms with Crippen molar-refractivity contribution in [3.05, 3.63) is 34.3 Å². The molecule has 1 aliphatic heterocycles. The zero-order chi connectivity index (χ0) is 14.8. The molecule has 2 aromatic rings. The topological polar surface area (TPSA) is 51.0 Å². The van der Waals surface area contributed by atoms with Crippen LogP contribution in [0.1, 0.15) is 34.5 Å². The van der Waals surface area contributed by atoms with Crippen LogP contribution in [0.5, 0.6) is 0 Å². The van der Waals surface area contributed by atoms with Crippen LogP contribution in [0.25, 0.3) is 0 Å². The number of fused-ring (bicyclic) bond motifs is 1. The molecule has 3 rings (SSSR count). The second-order valence-electron chi connectivity index (χ2n) is 5.57. The van der Waals surface area contributed by atoms with Crippen LogP contribution in [0.3, 0.4) is 0 Å². The molecule has 112 valence electrons. The number of imidazole rings is 1. The fourth-order valence-electron chi connectivity index (χ4n) is 2.92. The Balaban J connectivity index is 1.64. The smallest absolute Gasteiger partial charge is 0.265 e. The van der Waals surface area contributed by atoms with E-state index in [9.17, 15) is 4.79 Å². The van der Waals surface area contributed by atoms with Gasteiger partial charge in [-0.25, -0.2) is 9.97 Å². The van der Waals surface area contributed by atoms with E-state index in [1.54, 1.807) is 5.51 Å². The van der Waals surface area contributed by atoms with Gasteiger partial charge in [0.05, 0.1) is 11.2 Å². The Kier molecular flexibility index (Phi) is 4.05. The molecule has 0 bridgehead atoms. The molecule has 0 unspecified atom stereocenters. The summed E-state index contributed by atoms with van der Waals surface area (Å²) in [4.78, 5) is 23.8. The Morgan fingerprint density at radius 3 is 3.19 bits per heavy atom. The third-order valence-electron chi connectivity index (χ3n) is 4.08. The summed E-state index contributed by atoms with van der Waals surface area (Å²) in [5, 5.41) is 0. The predicted molar refractivity (Wildman–Crippen MR) is 82.5 cm³/mol. The number of hydrogen-bond acceptors (Lipinski definition) is 4. The Labute approximate surface area is 128 Å². The van der Waals surface area contributed by atoms with E-state index in [1.165, 1.54) is 11.3 Å². The number of amides is 1. The van der Waals surface area contributed by atoms with Crippen LogP contribution >= 0.6 is 11.3 Å². The van der Waals surface area contributed by atoms with Gasteiger partial charge >= 0.3 is 0 Å². The Morgan fingerprint density at radius 2 is 2.38 bits per heavy atom. The fourth-order valence-corrected chi connectivity index (χ4v) is 3.80. The maximum Gasteiger partial charge on any atom is 0.265 e. The quantitative estimate of drug-likeness (QED) is 0.870. The van der Waals surface area contributed by atoms with E-state index in [0.717, 1.165) is 48.7 Å². The maximum absolute atomic E-state index is 12.5. The van der Waals surface area contributed by atoms with Gasteiger partial charge in [0.25, 0.3) is 5.91 Å². The minimum absolute atomic E-state index is 0.103. The molecule has 0 fully saturated rings. The molecule has 0 aromatic carbocycles. The van der Waals surface area contributed by atoms with Crippen LogP contribution in [-0.2, 0) is 19.4 Å². The van der Waals surface area contributed by atoms with Gasteiger partial charge in [0.15, 0.2) is 0 Å². The fraction of sp³-hybridized carbons (Fsp3) is 0.533. The van der Waals surface area contributed by atoms with Crippen molar-refractivity contribution in [2.45, 2.75) is 32.7 Å². The SMILES string of the molecule is CCc1ncsc1C(=O)N(C)C[C@H]1CCc2nccn2C1. The molecule has 3 heterocycles. The normalized spacial score (nSPS) is 17.5. The van der Waals surface area contributed by atoms with E-state index in [1.807, 2.05) is 31.3 Å². The van der Waals surface area contributed by atoms with Gasteiger partial charge in [0.1, 0.15) is 10.7 Å². The summed E-state index contributed by atoms with van der Waals surface area (Å²) in [5.41, 5.74) is 2.68. The molecule has 0 saturated carbocycles. The average molecular weight is 304 g/mol. The molecule has 21 heavy (non-hydrogen) atoms. The first kappa shape index (κ1) is 14.3. The van der Waals surface area contributed by atoms with Crippen molar-refractivity contribution >= 4 is 17.2 Å². The molecule has 0 saturated heterocycles. The monoisotopic (exact) mass is 304 g/mol. The van der Waals surface area contributed by atoms with E-state index >= 15 is 0 Å². The second-order valence-corrected chi connectivity index (χ2v) is 6.42. The molecule has 1 amide bonds. The van der Waals surface area contributed by atoms with Gasteiger partial charge in [-0.2, -0.15) is 0 Å². The molecule has 0 N–H and O–H groups in total. The third-order valence-corrected chi connectivity index (χ3v) is 4.94. The summed E-state index contributed by atoms with van der Waals surface area (Å²) < 4.78 is 2.21. The van der Waals surface area contributed by atoms with Crippen LogP contribution in [0.2, 0.25) is 0 Å². The molecular formula is C15H20N4OS. The van der Waals surface area contributed by atoms with E-state index in [0.29, 0.717) is 5.92 Å². The van der Waals surface area contributed by atoms with Crippen molar-refractivity contribution in [3.8, 4) is 0 Å².